The molecule has 1 aromatic heterocycles. The summed E-state index contributed by atoms with van der Waals surface area (Å²) in [5.74, 6) is 0.874. The van der Waals surface area contributed by atoms with E-state index in [4.69, 9.17) is 5.73 Å². The van der Waals surface area contributed by atoms with E-state index in [0.29, 0.717) is 13.0 Å². The van der Waals surface area contributed by atoms with E-state index >= 15 is 0 Å². The summed E-state index contributed by atoms with van der Waals surface area (Å²) in [7, 11) is 3.60. The molecule has 2 aromatic rings. The van der Waals surface area contributed by atoms with E-state index in [2.05, 4.69) is 4.98 Å². The number of carbonyl (C=O) groups excluding carboxylic acids is 1. The second-order valence-electron chi connectivity index (χ2n) is 5.13. The van der Waals surface area contributed by atoms with Crippen LogP contribution in [0.1, 0.15) is 11.4 Å². The molecule has 0 fully saturated rings. The van der Waals surface area contributed by atoms with E-state index in [1.54, 1.807) is 42.4 Å². The minimum atomic E-state index is -0.611. The standard InChI is InChI=1S/C15H20N4O2/c1-18-8-7-17-14(18)10-19(2)15(21)13(16)9-11-3-5-12(20)6-4-11/h3-8,13,20H,9-10,16H2,1-2H3/t13-/m0/s1. The molecule has 0 aliphatic carbocycles. The van der Waals surface area contributed by atoms with E-state index in [9.17, 15) is 9.90 Å². The van der Waals surface area contributed by atoms with Gasteiger partial charge in [-0.15, -0.1) is 0 Å². The maximum Gasteiger partial charge on any atom is 0.239 e. The lowest BCUT2D eigenvalue weighted by Crippen LogP contribution is -2.43. The van der Waals surface area contributed by atoms with Crippen LogP contribution in [0.15, 0.2) is 36.7 Å². The van der Waals surface area contributed by atoms with Crippen molar-refractivity contribution in [2.75, 3.05) is 7.05 Å². The van der Waals surface area contributed by atoms with Crippen LogP contribution in [0, 0.1) is 0 Å². The number of phenolic OH excluding ortho intramolecular Hbond substituents is 1. The van der Waals surface area contributed by atoms with Crippen LogP contribution in [0.3, 0.4) is 0 Å². The number of aromatic hydroxyl groups is 1. The quantitative estimate of drug-likeness (QED) is 0.846. The van der Waals surface area contributed by atoms with Crippen molar-refractivity contribution in [2.24, 2.45) is 12.8 Å². The summed E-state index contributed by atoms with van der Waals surface area (Å²) in [4.78, 5) is 18.0. The highest BCUT2D eigenvalue weighted by molar-refractivity contribution is 5.81. The molecule has 0 saturated heterocycles. The zero-order valence-corrected chi connectivity index (χ0v) is 12.2. The molecule has 2 rings (SSSR count). The summed E-state index contributed by atoms with van der Waals surface area (Å²) < 4.78 is 1.87. The van der Waals surface area contributed by atoms with Crippen LogP contribution in [0.4, 0.5) is 0 Å². The van der Waals surface area contributed by atoms with Gasteiger partial charge in [-0.05, 0) is 24.1 Å². The Hall–Kier alpha value is -2.34. The average molecular weight is 288 g/mol. The number of nitrogens with two attached hydrogens (primary N) is 1. The number of amides is 1. The molecule has 0 bridgehead atoms. The molecule has 1 atom stereocenters. The van der Waals surface area contributed by atoms with Gasteiger partial charge in [0.25, 0.3) is 0 Å². The Bertz CT molecular complexity index is 606. The first kappa shape index (κ1) is 15.1. The number of likely N-dealkylation sites (N-methyl/N-ethyl adjacent to an activating group) is 1. The zero-order chi connectivity index (χ0) is 15.4. The Morgan fingerprint density at radius 3 is 2.67 bits per heavy atom. The number of aromatic nitrogens is 2. The molecule has 1 amide bonds. The molecule has 1 aromatic carbocycles. The number of imidazole rings is 1. The number of phenols is 1. The molecule has 21 heavy (non-hydrogen) atoms. The Kier molecular flexibility index (Phi) is 4.59. The van der Waals surface area contributed by atoms with Crippen LogP contribution >= 0.6 is 0 Å². The predicted octanol–water partition coefficient (Wildman–Crippen LogP) is 0.654. The average Bonchev–Trinajstić information content (AvgIpc) is 2.86. The van der Waals surface area contributed by atoms with Gasteiger partial charge in [-0.3, -0.25) is 4.79 Å². The zero-order valence-electron chi connectivity index (χ0n) is 12.2. The highest BCUT2D eigenvalue weighted by Gasteiger charge is 2.19. The van der Waals surface area contributed by atoms with Crippen molar-refractivity contribution in [3.8, 4) is 5.75 Å². The summed E-state index contributed by atoms with van der Waals surface area (Å²) >= 11 is 0. The normalized spacial score (nSPS) is 12.1. The monoisotopic (exact) mass is 288 g/mol. The van der Waals surface area contributed by atoms with Gasteiger partial charge in [0.05, 0.1) is 12.6 Å². The molecular formula is C15H20N4O2. The second kappa shape index (κ2) is 6.41. The Morgan fingerprint density at radius 2 is 2.10 bits per heavy atom. The highest BCUT2D eigenvalue weighted by Crippen LogP contribution is 2.11. The molecule has 6 heteroatoms. The summed E-state index contributed by atoms with van der Waals surface area (Å²) in [6.07, 6.45) is 3.97. The van der Waals surface area contributed by atoms with E-state index < -0.39 is 6.04 Å². The lowest BCUT2D eigenvalue weighted by molar-refractivity contribution is -0.131. The van der Waals surface area contributed by atoms with Crippen LogP contribution in [0.5, 0.6) is 5.75 Å². The van der Waals surface area contributed by atoms with Crippen molar-refractivity contribution in [3.05, 3.63) is 48.0 Å². The smallest absolute Gasteiger partial charge is 0.239 e. The van der Waals surface area contributed by atoms with Crippen LogP contribution in [-0.2, 0) is 24.8 Å². The number of hydrogen-bond donors (Lipinski definition) is 2. The Labute approximate surface area is 123 Å². The molecule has 1 heterocycles. The number of benzene rings is 1. The number of rotatable bonds is 5. The fourth-order valence-electron chi connectivity index (χ4n) is 2.10. The highest BCUT2D eigenvalue weighted by atomic mass is 16.3. The van der Waals surface area contributed by atoms with Crippen LogP contribution < -0.4 is 5.73 Å². The van der Waals surface area contributed by atoms with E-state index in [0.717, 1.165) is 11.4 Å². The summed E-state index contributed by atoms with van der Waals surface area (Å²) in [5.41, 5.74) is 6.89. The largest absolute Gasteiger partial charge is 0.508 e. The first-order chi connectivity index (χ1) is 9.97. The number of carbonyl (C=O) groups is 1. The van der Waals surface area contributed by atoms with Gasteiger partial charge in [-0.25, -0.2) is 4.98 Å². The third kappa shape index (κ3) is 3.82. The van der Waals surface area contributed by atoms with Gasteiger partial charge in [0.15, 0.2) is 0 Å². The molecule has 0 unspecified atom stereocenters. The van der Waals surface area contributed by atoms with Crippen molar-refractivity contribution in [1.82, 2.24) is 14.5 Å². The van der Waals surface area contributed by atoms with E-state index in [1.165, 1.54) is 0 Å². The minimum absolute atomic E-state index is 0.133. The summed E-state index contributed by atoms with van der Waals surface area (Å²) in [6, 6.07) is 6.09. The third-order valence-electron chi connectivity index (χ3n) is 3.38. The summed E-state index contributed by atoms with van der Waals surface area (Å²) in [6.45, 7) is 0.422. The molecule has 0 aliphatic rings. The molecule has 3 N–H and O–H groups in total. The molecule has 0 spiro atoms. The lowest BCUT2D eigenvalue weighted by Gasteiger charge is -2.21. The van der Waals surface area contributed by atoms with Crippen LogP contribution in [0.2, 0.25) is 0 Å². The molecule has 0 aliphatic heterocycles. The number of nitrogens with zero attached hydrogens (tertiary/aromatic N) is 3. The molecule has 0 radical (unpaired) electrons. The van der Waals surface area contributed by atoms with Crippen molar-refractivity contribution >= 4 is 5.91 Å². The van der Waals surface area contributed by atoms with Gasteiger partial charge in [-0.2, -0.15) is 0 Å². The maximum absolute atomic E-state index is 12.3. The van der Waals surface area contributed by atoms with Crippen LogP contribution in [-0.4, -0.2) is 38.6 Å². The number of hydrogen-bond acceptors (Lipinski definition) is 4. The molecular weight excluding hydrogens is 268 g/mol. The third-order valence-corrected chi connectivity index (χ3v) is 3.38. The SMILES string of the molecule is CN(Cc1nccn1C)C(=O)[C@@H](N)Cc1ccc(O)cc1. The van der Waals surface area contributed by atoms with Gasteiger partial charge >= 0.3 is 0 Å². The van der Waals surface area contributed by atoms with Crippen molar-refractivity contribution < 1.29 is 9.90 Å². The van der Waals surface area contributed by atoms with Gasteiger partial charge in [0, 0.05) is 26.5 Å². The van der Waals surface area contributed by atoms with E-state index in [-0.39, 0.29) is 11.7 Å². The van der Waals surface area contributed by atoms with Gasteiger partial charge in [0.2, 0.25) is 5.91 Å². The van der Waals surface area contributed by atoms with Gasteiger partial charge in [-0.1, -0.05) is 12.1 Å². The fraction of sp³-hybridized carbons (Fsp3) is 0.333. The molecule has 0 saturated carbocycles. The van der Waals surface area contributed by atoms with Crippen molar-refractivity contribution in [3.63, 3.8) is 0 Å². The van der Waals surface area contributed by atoms with E-state index in [1.807, 2.05) is 17.8 Å². The first-order valence-electron chi connectivity index (χ1n) is 6.72. The first-order valence-corrected chi connectivity index (χ1v) is 6.72. The van der Waals surface area contributed by atoms with Gasteiger partial charge < -0.3 is 20.3 Å². The van der Waals surface area contributed by atoms with Crippen molar-refractivity contribution in [2.45, 2.75) is 19.0 Å². The predicted molar refractivity (Wildman–Crippen MR) is 79.5 cm³/mol. The minimum Gasteiger partial charge on any atom is -0.508 e. The Balaban J connectivity index is 1.95. The van der Waals surface area contributed by atoms with Gasteiger partial charge in [0.1, 0.15) is 11.6 Å². The fourth-order valence-corrected chi connectivity index (χ4v) is 2.10. The second-order valence-corrected chi connectivity index (χ2v) is 5.13. The molecule has 6 nitrogen and oxygen atoms in total. The van der Waals surface area contributed by atoms with Crippen LogP contribution in [0.25, 0.3) is 0 Å². The maximum atomic E-state index is 12.3. The number of aryl methyl sites for hydroxylation is 1. The topological polar surface area (TPSA) is 84.4 Å². The summed E-state index contributed by atoms with van der Waals surface area (Å²) in [5, 5.41) is 9.24. The molecule has 112 valence electrons. The Morgan fingerprint density at radius 1 is 1.43 bits per heavy atom. The van der Waals surface area contributed by atoms with Crippen molar-refractivity contribution in [1.29, 1.82) is 0 Å². The lowest BCUT2D eigenvalue weighted by atomic mass is 10.1.